The molecule has 2 N–H and O–H groups in total. The lowest BCUT2D eigenvalue weighted by molar-refractivity contribution is -0.141. The lowest BCUT2D eigenvalue weighted by Gasteiger charge is -2.38. The third kappa shape index (κ3) is 4.06. The largest absolute Gasteiger partial charge is 0.507 e. The van der Waals surface area contributed by atoms with Crippen LogP contribution in [-0.4, -0.2) is 62.4 Å². The number of aromatic nitrogens is 4. The Bertz CT molecular complexity index is 1280. The van der Waals surface area contributed by atoms with E-state index in [4.69, 9.17) is 0 Å². The Kier molecular flexibility index (Phi) is 5.42. The third-order valence-electron chi connectivity index (χ3n) is 6.63. The predicted octanol–water partition coefficient (Wildman–Crippen LogP) is 2.79. The van der Waals surface area contributed by atoms with E-state index >= 15 is 0 Å². The van der Waals surface area contributed by atoms with Crippen LogP contribution in [0.5, 0.6) is 5.75 Å². The summed E-state index contributed by atoms with van der Waals surface area (Å²) in [5.74, 6) is 0.136. The Labute approximate surface area is 191 Å². The van der Waals surface area contributed by atoms with Crippen LogP contribution in [0.1, 0.15) is 19.3 Å². The first kappa shape index (κ1) is 22.5. The molecule has 2 aliphatic rings. The van der Waals surface area contributed by atoms with Crippen molar-refractivity contribution >= 4 is 16.7 Å². The van der Waals surface area contributed by atoms with Crippen molar-refractivity contribution in [3.63, 3.8) is 0 Å². The Morgan fingerprint density at radius 1 is 1.24 bits per heavy atom. The molecule has 1 aromatic carbocycles. The molecule has 8 nitrogen and oxygen atoms in total. The number of fused-ring (bicyclic) bond motifs is 3. The second-order valence-electron chi connectivity index (χ2n) is 8.86. The second kappa shape index (κ2) is 8.19. The van der Waals surface area contributed by atoms with Gasteiger partial charge in [-0.05, 0) is 43.5 Å². The molecule has 0 radical (unpaired) electrons. The molecule has 2 saturated heterocycles. The smallest absolute Gasteiger partial charge is 0.406 e. The Hall–Kier alpha value is -3.28. The molecule has 0 amide bonds. The van der Waals surface area contributed by atoms with Crippen LogP contribution in [0.15, 0.2) is 35.4 Å². The van der Waals surface area contributed by atoms with Gasteiger partial charge in [-0.1, -0.05) is 0 Å². The van der Waals surface area contributed by atoms with E-state index in [-0.39, 0.29) is 40.0 Å². The number of anilines is 1. The molecule has 34 heavy (non-hydrogen) atoms. The molecule has 4 atom stereocenters. The van der Waals surface area contributed by atoms with Crippen molar-refractivity contribution in [2.24, 2.45) is 0 Å². The molecule has 2 bridgehead atoms. The van der Waals surface area contributed by atoms with Crippen LogP contribution in [-0.2, 0) is 6.54 Å². The summed E-state index contributed by atoms with van der Waals surface area (Å²) in [6.45, 7) is -1.48. The maximum Gasteiger partial charge on any atom is 0.406 e. The molecule has 0 saturated carbocycles. The van der Waals surface area contributed by atoms with Crippen molar-refractivity contribution in [1.82, 2.24) is 25.1 Å². The van der Waals surface area contributed by atoms with Gasteiger partial charge in [0.05, 0.1) is 29.0 Å². The number of piperidine rings is 1. The number of hydrogen-bond donors (Lipinski definition) is 2. The minimum Gasteiger partial charge on any atom is -0.507 e. The van der Waals surface area contributed by atoms with E-state index in [1.807, 2.05) is 0 Å². The molecular weight excluding hydrogens is 456 g/mol. The Morgan fingerprint density at radius 3 is 2.74 bits per heavy atom. The molecule has 0 spiro atoms. The van der Waals surface area contributed by atoms with Gasteiger partial charge < -0.3 is 15.3 Å². The van der Waals surface area contributed by atoms with Gasteiger partial charge in [0, 0.05) is 24.7 Å². The van der Waals surface area contributed by atoms with Crippen LogP contribution in [0.3, 0.4) is 0 Å². The molecule has 2 unspecified atom stereocenters. The quantitative estimate of drug-likeness (QED) is 0.557. The number of alkyl halides is 4. The third-order valence-corrected chi connectivity index (χ3v) is 6.63. The van der Waals surface area contributed by atoms with Crippen LogP contribution in [0.4, 0.5) is 23.4 Å². The van der Waals surface area contributed by atoms with E-state index in [0.717, 1.165) is 25.2 Å². The molecule has 4 heterocycles. The molecule has 2 aliphatic heterocycles. The van der Waals surface area contributed by atoms with Crippen molar-refractivity contribution in [3.05, 3.63) is 40.9 Å². The first-order valence-corrected chi connectivity index (χ1v) is 10.9. The van der Waals surface area contributed by atoms with Crippen LogP contribution in [0.25, 0.3) is 22.2 Å². The fourth-order valence-corrected chi connectivity index (χ4v) is 4.88. The fraction of sp³-hybridized carbons (Fsp3) is 0.455. The topological polar surface area (TPSA) is 96.2 Å². The number of halogens is 4. The summed E-state index contributed by atoms with van der Waals surface area (Å²) in [6, 6.07) is 5.54. The average molecular weight is 478 g/mol. The molecule has 180 valence electrons. The number of nitrogens with zero attached hydrogens (tertiary/aromatic N) is 5. The maximum atomic E-state index is 14.9. The van der Waals surface area contributed by atoms with Gasteiger partial charge in [-0.2, -0.15) is 13.2 Å². The van der Waals surface area contributed by atoms with Gasteiger partial charge in [0.25, 0.3) is 5.56 Å². The SMILES string of the molecule is CN(c1ccc(-c2cc3ncn(CC(F)(F)F)c(=O)c3cc2O)nn1)[C@@H]1CC2CCC(N2)[C@@H]1F. The van der Waals surface area contributed by atoms with E-state index in [9.17, 15) is 27.5 Å². The summed E-state index contributed by atoms with van der Waals surface area (Å²) >= 11 is 0. The van der Waals surface area contributed by atoms with Crippen LogP contribution in [0, 0.1) is 0 Å². The van der Waals surface area contributed by atoms with Gasteiger partial charge in [0.1, 0.15) is 18.5 Å². The summed E-state index contributed by atoms with van der Waals surface area (Å²) in [5, 5.41) is 22.0. The zero-order chi connectivity index (χ0) is 24.2. The number of nitrogens with one attached hydrogen (secondary N) is 1. The summed E-state index contributed by atoms with van der Waals surface area (Å²) in [5.41, 5.74) is -0.299. The van der Waals surface area contributed by atoms with Crippen molar-refractivity contribution in [2.75, 3.05) is 11.9 Å². The first-order valence-electron chi connectivity index (χ1n) is 10.9. The van der Waals surface area contributed by atoms with E-state index in [0.29, 0.717) is 22.8 Å². The van der Waals surface area contributed by atoms with Crippen LogP contribution < -0.4 is 15.8 Å². The van der Waals surface area contributed by atoms with Gasteiger partial charge >= 0.3 is 6.18 Å². The second-order valence-corrected chi connectivity index (χ2v) is 8.86. The van der Waals surface area contributed by atoms with Gasteiger partial charge in [0.15, 0.2) is 5.82 Å². The fourth-order valence-electron chi connectivity index (χ4n) is 4.88. The first-order chi connectivity index (χ1) is 16.1. The molecule has 2 fully saturated rings. The maximum absolute atomic E-state index is 14.9. The number of phenols is 1. The van der Waals surface area contributed by atoms with Gasteiger partial charge in [-0.15, -0.1) is 10.2 Å². The van der Waals surface area contributed by atoms with E-state index in [1.165, 1.54) is 6.07 Å². The Morgan fingerprint density at radius 2 is 2.03 bits per heavy atom. The number of benzene rings is 1. The average Bonchev–Trinajstić information content (AvgIpc) is 3.20. The van der Waals surface area contributed by atoms with Gasteiger partial charge in [-0.3, -0.25) is 9.36 Å². The standard InChI is InChI=1S/C22H22F4N6O2/c1-31(17-6-11-2-3-15(28-11)20(17)23)19-5-4-14(29-30-19)12-7-16-13(8-18(12)33)21(34)32(10-27-16)9-22(24,25)26/h4-5,7-8,10-11,15,17,20,28,33H,2-3,6,9H2,1H3/t11?,15?,17-,20+/m1/s1. The predicted molar refractivity (Wildman–Crippen MR) is 116 cm³/mol. The zero-order valence-electron chi connectivity index (χ0n) is 18.1. The van der Waals surface area contributed by atoms with E-state index < -0.39 is 24.5 Å². The normalized spacial score (nSPS) is 24.5. The Balaban J connectivity index is 1.42. The highest BCUT2D eigenvalue weighted by atomic mass is 19.4. The van der Waals surface area contributed by atoms with E-state index in [2.05, 4.69) is 20.5 Å². The van der Waals surface area contributed by atoms with Crippen molar-refractivity contribution in [2.45, 2.75) is 56.3 Å². The summed E-state index contributed by atoms with van der Waals surface area (Å²) in [6.07, 6.45) is -2.35. The number of hydrogen-bond acceptors (Lipinski definition) is 7. The minimum absolute atomic E-state index is 0.115. The summed E-state index contributed by atoms with van der Waals surface area (Å²) in [4.78, 5) is 18.1. The molecule has 2 aromatic heterocycles. The molecule has 3 aromatic rings. The van der Waals surface area contributed by atoms with Crippen LogP contribution in [0.2, 0.25) is 0 Å². The van der Waals surface area contributed by atoms with Crippen LogP contribution >= 0.6 is 0 Å². The van der Waals surface area contributed by atoms with Gasteiger partial charge in [0.2, 0.25) is 0 Å². The highest BCUT2D eigenvalue weighted by molar-refractivity contribution is 5.86. The zero-order valence-corrected chi connectivity index (χ0v) is 18.1. The minimum atomic E-state index is -4.58. The molecule has 12 heteroatoms. The van der Waals surface area contributed by atoms with Crippen molar-refractivity contribution < 1.29 is 22.7 Å². The summed E-state index contributed by atoms with van der Waals surface area (Å²) in [7, 11) is 1.77. The summed E-state index contributed by atoms with van der Waals surface area (Å²) < 4.78 is 53.4. The number of aromatic hydroxyl groups is 1. The molecular formula is C22H22F4N6O2. The van der Waals surface area contributed by atoms with Crippen molar-refractivity contribution in [3.8, 4) is 17.0 Å². The highest BCUT2D eigenvalue weighted by Crippen LogP contribution is 2.34. The van der Waals surface area contributed by atoms with Gasteiger partial charge in [-0.25, -0.2) is 9.37 Å². The van der Waals surface area contributed by atoms with Crippen molar-refractivity contribution in [1.29, 1.82) is 0 Å². The number of phenolic OH excluding ortho intramolecular Hbond substituents is 1. The lowest BCUT2D eigenvalue weighted by Crippen LogP contribution is -2.55. The molecule has 5 rings (SSSR count). The molecule has 0 aliphatic carbocycles. The van der Waals surface area contributed by atoms with E-state index in [1.54, 1.807) is 24.1 Å². The lowest BCUT2D eigenvalue weighted by atomic mass is 9.96. The number of rotatable bonds is 4. The highest BCUT2D eigenvalue weighted by Gasteiger charge is 2.43. The monoisotopic (exact) mass is 478 g/mol.